The summed E-state index contributed by atoms with van der Waals surface area (Å²) in [4.78, 5) is 26.2. The number of amides is 1. The topological polar surface area (TPSA) is 71.2 Å². The zero-order valence-electron chi connectivity index (χ0n) is 11.4. The van der Waals surface area contributed by atoms with E-state index in [1.54, 1.807) is 6.20 Å². The predicted octanol–water partition coefficient (Wildman–Crippen LogP) is 2.48. The molecule has 0 saturated heterocycles. The standard InChI is InChI=1S/C14H14Cl2N2O3/c1-8(19)18-12(13(20)21-2)14(15,16)10-7-17-11-6-4-3-5-9(10)11/h3-7,12,17H,1-2H3,(H,18,19)/t12-/m1/s1. The van der Waals surface area contributed by atoms with E-state index in [-0.39, 0.29) is 0 Å². The molecule has 0 saturated carbocycles. The maximum atomic E-state index is 11.9. The number of carbonyl (C=O) groups excluding carboxylic acids is 2. The second-order valence-electron chi connectivity index (χ2n) is 4.53. The van der Waals surface area contributed by atoms with Gasteiger partial charge in [-0.1, -0.05) is 41.4 Å². The van der Waals surface area contributed by atoms with Gasteiger partial charge in [-0.15, -0.1) is 0 Å². The first-order chi connectivity index (χ1) is 9.87. The van der Waals surface area contributed by atoms with Crippen molar-refractivity contribution in [2.24, 2.45) is 0 Å². The van der Waals surface area contributed by atoms with Crippen LogP contribution in [0.15, 0.2) is 30.5 Å². The third kappa shape index (κ3) is 2.99. The molecule has 2 rings (SSSR count). The van der Waals surface area contributed by atoms with Gasteiger partial charge >= 0.3 is 5.97 Å². The number of benzene rings is 1. The third-order valence-electron chi connectivity index (χ3n) is 3.10. The molecule has 7 heteroatoms. The van der Waals surface area contributed by atoms with Gasteiger partial charge < -0.3 is 15.0 Å². The molecule has 1 aromatic carbocycles. The number of aromatic nitrogens is 1. The van der Waals surface area contributed by atoms with E-state index in [0.717, 1.165) is 10.9 Å². The lowest BCUT2D eigenvalue weighted by Crippen LogP contribution is -2.50. The molecule has 1 atom stereocenters. The van der Waals surface area contributed by atoms with Gasteiger partial charge in [0.25, 0.3) is 0 Å². The minimum Gasteiger partial charge on any atom is -0.467 e. The molecule has 5 nitrogen and oxygen atoms in total. The predicted molar refractivity (Wildman–Crippen MR) is 81.3 cm³/mol. The number of methoxy groups -OCH3 is 1. The van der Waals surface area contributed by atoms with E-state index in [4.69, 9.17) is 23.2 Å². The third-order valence-corrected chi connectivity index (χ3v) is 3.94. The van der Waals surface area contributed by atoms with Crippen molar-refractivity contribution in [3.8, 4) is 0 Å². The lowest BCUT2D eigenvalue weighted by atomic mass is 10.0. The number of ether oxygens (including phenoxy) is 1. The Kier molecular flexibility index (Phi) is 4.44. The summed E-state index contributed by atoms with van der Waals surface area (Å²) >= 11 is 12.8. The minimum absolute atomic E-state index is 0.434. The van der Waals surface area contributed by atoms with E-state index in [2.05, 4.69) is 15.0 Å². The monoisotopic (exact) mass is 328 g/mol. The molecular formula is C14H14Cl2N2O3. The Morgan fingerprint density at radius 2 is 2.00 bits per heavy atom. The smallest absolute Gasteiger partial charge is 0.331 e. The molecule has 0 aliphatic heterocycles. The number of halogens is 2. The van der Waals surface area contributed by atoms with Crippen LogP contribution in [0.3, 0.4) is 0 Å². The molecule has 21 heavy (non-hydrogen) atoms. The molecule has 1 heterocycles. The Balaban J connectivity index is 2.51. The number of esters is 1. The Labute approximate surface area is 131 Å². The van der Waals surface area contributed by atoms with Crippen molar-refractivity contribution in [1.82, 2.24) is 10.3 Å². The van der Waals surface area contributed by atoms with Gasteiger partial charge in [-0.2, -0.15) is 0 Å². The van der Waals surface area contributed by atoms with E-state index in [1.165, 1.54) is 14.0 Å². The number of H-pyrrole nitrogens is 1. The van der Waals surface area contributed by atoms with Crippen LogP contribution < -0.4 is 5.32 Å². The number of hydrogen-bond acceptors (Lipinski definition) is 3. The highest BCUT2D eigenvalue weighted by Crippen LogP contribution is 2.41. The summed E-state index contributed by atoms with van der Waals surface area (Å²) in [6, 6.07) is 6.15. The SMILES string of the molecule is COC(=O)[C@@H](NC(C)=O)C(Cl)(Cl)c1c[nH]c2ccccc12. The number of aromatic amines is 1. The lowest BCUT2D eigenvalue weighted by molar-refractivity contribution is -0.145. The summed E-state index contributed by atoms with van der Waals surface area (Å²) in [5, 5.41) is 3.20. The molecule has 112 valence electrons. The molecule has 0 bridgehead atoms. The number of nitrogens with one attached hydrogen (secondary N) is 2. The molecule has 1 aromatic heterocycles. The van der Waals surface area contributed by atoms with Gasteiger partial charge in [0.05, 0.1) is 7.11 Å². The van der Waals surface area contributed by atoms with Gasteiger partial charge in [0.15, 0.2) is 10.4 Å². The van der Waals surface area contributed by atoms with Crippen LogP contribution in [0.25, 0.3) is 10.9 Å². The van der Waals surface area contributed by atoms with E-state index in [1.807, 2.05) is 24.3 Å². The van der Waals surface area contributed by atoms with Crippen molar-refractivity contribution in [3.63, 3.8) is 0 Å². The van der Waals surface area contributed by atoms with Crippen molar-refractivity contribution in [3.05, 3.63) is 36.0 Å². The molecular weight excluding hydrogens is 315 g/mol. The fourth-order valence-corrected chi connectivity index (χ4v) is 2.72. The lowest BCUT2D eigenvalue weighted by Gasteiger charge is -2.28. The van der Waals surface area contributed by atoms with Crippen molar-refractivity contribution in [1.29, 1.82) is 0 Å². The molecule has 1 amide bonds. The average Bonchev–Trinajstić information content (AvgIpc) is 2.88. The first-order valence-electron chi connectivity index (χ1n) is 6.17. The fourth-order valence-electron chi connectivity index (χ4n) is 2.12. The number of fused-ring (bicyclic) bond motifs is 1. The van der Waals surface area contributed by atoms with Crippen LogP contribution in [0.5, 0.6) is 0 Å². The Morgan fingerprint density at radius 3 is 2.62 bits per heavy atom. The number of hydrogen-bond donors (Lipinski definition) is 2. The van der Waals surface area contributed by atoms with Crippen molar-refractivity contribution in [2.45, 2.75) is 17.3 Å². The van der Waals surface area contributed by atoms with Crippen LogP contribution in [0.2, 0.25) is 0 Å². The normalized spacial score (nSPS) is 13.0. The molecule has 2 aromatic rings. The summed E-state index contributed by atoms with van der Waals surface area (Å²) in [7, 11) is 1.20. The van der Waals surface area contributed by atoms with Crippen LogP contribution in [-0.4, -0.2) is 30.0 Å². The second-order valence-corrected chi connectivity index (χ2v) is 5.91. The first-order valence-corrected chi connectivity index (χ1v) is 6.93. The minimum atomic E-state index is -1.67. The highest BCUT2D eigenvalue weighted by molar-refractivity contribution is 6.50. The summed E-state index contributed by atoms with van der Waals surface area (Å²) in [5.41, 5.74) is 1.31. The molecule has 0 radical (unpaired) electrons. The largest absolute Gasteiger partial charge is 0.467 e. The number of para-hydroxylation sites is 1. The van der Waals surface area contributed by atoms with E-state index in [9.17, 15) is 9.59 Å². The van der Waals surface area contributed by atoms with Crippen LogP contribution in [-0.2, 0) is 18.7 Å². The molecule has 0 spiro atoms. The maximum Gasteiger partial charge on any atom is 0.331 e. The summed E-state index contributed by atoms with van der Waals surface area (Å²) in [6.45, 7) is 1.27. The second kappa shape index (κ2) is 5.95. The van der Waals surface area contributed by atoms with Crippen molar-refractivity contribution >= 4 is 46.0 Å². The van der Waals surface area contributed by atoms with Gasteiger partial charge in [0.1, 0.15) is 0 Å². The highest BCUT2D eigenvalue weighted by atomic mass is 35.5. The number of rotatable bonds is 4. The fraction of sp³-hybridized carbons (Fsp3) is 0.286. The van der Waals surface area contributed by atoms with Crippen LogP contribution in [0.4, 0.5) is 0 Å². The van der Waals surface area contributed by atoms with Gasteiger partial charge in [-0.3, -0.25) is 4.79 Å². The van der Waals surface area contributed by atoms with Crippen molar-refractivity contribution in [2.75, 3.05) is 7.11 Å². The maximum absolute atomic E-state index is 11.9. The summed E-state index contributed by atoms with van der Waals surface area (Å²) in [5.74, 6) is -1.16. The van der Waals surface area contributed by atoms with Crippen LogP contribution in [0.1, 0.15) is 12.5 Å². The molecule has 0 unspecified atom stereocenters. The summed E-state index contributed by atoms with van der Waals surface area (Å²) < 4.78 is 3.01. The summed E-state index contributed by atoms with van der Waals surface area (Å²) in [6.07, 6.45) is 1.61. The highest BCUT2D eigenvalue weighted by Gasteiger charge is 2.44. The van der Waals surface area contributed by atoms with Crippen molar-refractivity contribution < 1.29 is 14.3 Å². The molecule has 0 aliphatic rings. The van der Waals surface area contributed by atoms with E-state index >= 15 is 0 Å². The molecule has 0 aliphatic carbocycles. The average molecular weight is 329 g/mol. The van der Waals surface area contributed by atoms with Crippen LogP contribution >= 0.6 is 23.2 Å². The Morgan fingerprint density at radius 1 is 1.33 bits per heavy atom. The van der Waals surface area contributed by atoms with Gasteiger partial charge in [0.2, 0.25) is 5.91 Å². The van der Waals surface area contributed by atoms with Gasteiger partial charge in [0, 0.05) is 29.6 Å². The molecule has 0 fully saturated rings. The zero-order valence-corrected chi connectivity index (χ0v) is 13.0. The van der Waals surface area contributed by atoms with E-state index < -0.39 is 22.3 Å². The molecule has 2 N–H and O–H groups in total. The Bertz CT molecular complexity index is 682. The number of carbonyl (C=O) groups is 2. The zero-order chi connectivity index (χ0) is 15.6. The Hall–Kier alpha value is -1.72. The number of alkyl halides is 2. The van der Waals surface area contributed by atoms with Crippen LogP contribution in [0, 0.1) is 0 Å². The first kappa shape index (κ1) is 15.7. The van der Waals surface area contributed by atoms with Gasteiger partial charge in [-0.05, 0) is 6.07 Å². The quantitative estimate of drug-likeness (QED) is 0.669. The van der Waals surface area contributed by atoms with Gasteiger partial charge in [-0.25, -0.2) is 4.79 Å². The van der Waals surface area contributed by atoms with E-state index in [0.29, 0.717) is 5.56 Å².